The molecule has 0 aliphatic heterocycles. The van der Waals surface area contributed by atoms with Crippen LogP contribution in [0.4, 0.5) is 26.5 Å². The molecule has 4 aromatic rings. The van der Waals surface area contributed by atoms with Crippen LogP contribution < -0.4 is 20.7 Å². The maximum absolute atomic E-state index is 14.2. The molecule has 12 heteroatoms. The van der Waals surface area contributed by atoms with Gasteiger partial charge in [0.1, 0.15) is 17.3 Å². The van der Waals surface area contributed by atoms with Crippen molar-refractivity contribution in [3.8, 4) is 11.6 Å². The minimum absolute atomic E-state index is 0.0519. The normalized spacial score (nSPS) is 13.0. The number of urea groups is 1. The molecule has 0 saturated heterocycles. The highest BCUT2D eigenvalue weighted by Gasteiger charge is 2.30. The zero-order valence-corrected chi connectivity index (χ0v) is 17.3. The third-order valence-electron chi connectivity index (χ3n) is 4.77. The molecule has 168 valence electrons. The molecule has 3 aromatic heterocycles. The molecule has 0 bridgehead atoms. The number of carbonyl (C=O) groups excluding carboxylic acids is 2. The van der Waals surface area contributed by atoms with Gasteiger partial charge in [0.25, 0.3) is 0 Å². The number of aryl methyl sites for hydroxylation is 1. The fourth-order valence-corrected chi connectivity index (χ4v) is 3.03. The summed E-state index contributed by atoms with van der Waals surface area (Å²) >= 11 is 0. The molecule has 11 nitrogen and oxygen atoms in total. The summed E-state index contributed by atoms with van der Waals surface area (Å²) in [7, 11) is 0. The van der Waals surface area contributed by atoms with E-state index in [1.165, 1.54) is 22.7 Å². The van der Waals surface area contributed by atoms with E-state index in [2.05, 4.69) is 31.2 Å². The molecule has 0 unspecified atom stereocenters. The van der Waals surface area contributed by atoms with Crippen molar-refractivity contribution in [2.24, 2.45) is 5.92 Å². The summed E-state index contributed by atoms with van der Waals surface area (Å²) in [4.78, 5) is 28.3. The second-order valence-corrected chi connectivity index (χ2v) is 7.51. The first kappa shape index (κ1) is 20.4. The minimum Gasteiger partial charge on any atom is -0.438 e. The molecule has 3 N–H and O–H groups in total. The molecule has 33 heavy (non-hydrogen) atoms. The van der Waals surface area contributed by atoms with Gasteiger partial charge in [0.15, 0.2) is 17.3 Å². The van der Waals surface area contributed by atoms with E-state index in [9.17, 15) is 14.0 Å². The fourth-order valence-electron chi connectivity index (χ4n) is 3.03. The molecule has 0 radical (unpaired) electrons. The first-order valence-electron chi connectivity index (χ1n) is 10.1. The van der Waals surface area contributed by atoms with Crippen molar-refractivity contribution in [3.05, 3.63) is 54.2 Å². The maximum atomic E-state index is 14.2. The molecule has 0 spiro atoms. The van der Waals surface area contributed by atoms with E-state index < -0.39 is 11.8 Å². The predicted molar refractivity (Wildman–Crippen MR) is 115 cm³/mol. The van der Waals surface area contributed by atoms with E-state index in [1.54, 1.807) is 25.3 Å². The van der Waals surface area contributed by atoms with Gasteiger partial charge in [0, 0.05) is 24.1 Å². The number of ether oxygens (including phenoxy) is 1. The first-order valence-corrected chi connectivity index (χ1v) is 10.1. The van der Waals surface area contributed by atoms with E-state index in [0.717, 1.165) is 18.9 Å². The van der Waals surface area contributed by atoms with Crippen molar-refractivity contribution in [3.63, 3.8) is 0 Å². The van der Waals surface area contributed by atoms with Crippen molar-refractivity contribution in [2.45, 2.75) is 19.8 Å². The lowest BCUT2D eigenvalue weighted by atomic mass is 10.3. The Morgan fingerprint density at radius 3 is 2.73 bits per heavy atom. The van der Waals surface area contributed by atoms with Gasteiger partial charge in [-0.2, -0.15) is 0 Å². The van der Waals surface area contributed by atoms with Crippen molar-refractivity contribution in [1.29, 1.82) is 0 Å². The number of fused-ring (bicyclic) bond motifs is 1. The molecule has 3 heterocycles. The van der Waals surface area contributed by atoms with E-state index in [-0.39, 0.29) is 35.0 Å². The topological polar surface area (TPSA) is 136 Å². The molecule has 1 saturated carbocycles. The molecule has 1 aliphatic carbocycles. The summed E-state index contributed by atoms with van der Waals surface area (Å²) in [5.74, 6) is 0.934. The van der Waals surface area contributed by atoms with E-state index in [4.69, 9.17) is 9.26 Å². The van der Waals surface area contributed by atoms with Crippen LogP contribution in [0.2, 0.25) is 0 Å². The zero-order valence-electron chi connectivity index (χ0n) is 17.3. The number of nitrogens with one attached hydrogen (secondary N) is 3. The predicted octanol–water partition coefficient (Wildman–Crippen LogP) is 3.95. The molecule has 1 aliphatic rings. The van der Waals surface area contributed by atoms with Crippen LogP contribution >= 0.6 is 0 Å². The summed E-state index contributed by atoms with van der Waals surface area (Å²) < 4.78 is 26.2. The van der Waals surface area contributed by atoms with Crippen molar-refractivity contribution in [2.75, 3.05) is 16.0 Å². The second kappa shape index (κ2) is 8.22. The number of hydrogen-bond donors (Lipinski definition) is 3. The summed E-state index contributed by atoms with van der Waals surface area (Å²) in [6.07, 6.45) is 3.37. The summed E-state index contributed by atoms with van der Waals surface area (Å²) in [6.45, 7) is 1.68. The van der Waals surface area contributed by atoms with Gasteiger partial charge >= 0.3 is 6.03 Å². The van der Waals surface area contributed by atoms with Crippen LogP contribution in [0.15, 0.2) is 47.1 Å². The largest absolute Gasteiger partial charge is 0.438 e. The first-order chi connectivity index (χ1) is 15.9. The lowest BCUT2D eigenvalue weighted by Gasteiger charge is -2.09. The van der Waals surface area contributed by atoms with E-state index in [1.807, 2.05) is 0 Å². The van der Waals surface area contributed by atoms with Crippen molar-refractivity contribution in [1.82, 2.24) is 19.8 Å². The van der Waals surface area contributed by atoms with Gasteiger partial charge in [-0.1, -0.05) is 5.16 Å². The van der Waals surface area contributed by atoms with Crippen LogP contribution in [0.1, 0.15) is 18.6 Å². The fraction of sp³-hybridized carbons (Fsp3) is 0.190. The van der Waals surface area contributed by atoms with Gasteiger partial charge in [-0.25, -0.2) is 18.7 Å². The van der Waals surface area contributed by atoms with Crippen LogP contribution in [-0.4, -0.2) is 31.7 Å². The molecule has 0 atom stereocenters. The van der Waals surface area contributed by atoms with Gasteiger partial charge in [-0.05, 0) is 38.0 Å². The average Bonchev–Trinajstić information content (AvgIpc) is 3.44. The Morgan fingerprint density at radius 2 is 1.97 bits per heavy atom. The number of benzene rings is 1. The van der Waals surface area contributed by atoms with Crippen LogP contribution in [0.5, 0.6) is 11.6 Å². The SMILES string of the molecule is Cc1cc(NC(=O)Nc2cc(Oc3ccc4nc(NC(=O)C5CC5)cn4n3)ccc2F)no1. The lowest BCUT2D eigenvalue weighted by molar-refractivity contribution is -0.117. The number of amides is 3. The van der Waals surface area contributed by atoms with Crippen LogP contribution in [0.3, 0.4) is 0 Å². The highest BCUT2D eigenvalue weighted by atomic mass is 19.1. The van der Waals surface area contributed by atoms with Gasteiger partial charge in [0.05, 0.1) is 11.9 Å². The number of halogens is 1. The highest BCUT2D eigenvalue weighted by molar-refractivity contribution is 5.99. The maximum Gasteiger partial charge on any atom is 0.325 e. The molecule has 5 rings (SSSR count). The van der Waals surface area contributed by atoms with Crippen molar-refractivity contribution < 1.29 is 23.2 Å². The minimum atomic E-state index is -0.696. The molecular weight excluding hydrogens is 433 g/mol. The third-order valence-corrected chi connectivity index (χ3v) is 4.77. The lowest BCUT2D eigenvalue weighted by Crippen LogP contribution is -2.20. The number of anilines is 3. The number of nitrogens with zero attached hydrogens (tertiary/aromatic N) is 4. The van der Waals surface area contributed by atoms with E-state index in [0.29, 0.717) is 17.2 Å². The Bertz CT molecular complexity index is 1360. The number of hydrogen-bond acceptors (Lipinski definition) is 7. The Morgan fingerprint density at radius 1 is 1.12 bits per heavy atom. The Kier molecular flexibility index (Phi) is 5.09. The highest BCUT2D eigenvalue weighted by Crippen LogP contribution is 2.30. The Hall–Kier alpha value is -4.48. The van der Waals surface area contributed by atoms with E-state index >= 15 is 0 Å². The zero-order chi connectivity index (χ0) is 22.9. The van der Waals surface area contributed by atoms with Gasteiger partial charge in [-0.3, -0.25) is 10.1 Å². The standard InChI is InChI=1S/C21H18FN7O4/c1-11-8-16(28-33-11)26-21(31)23-15-9-13(4-5-14(15)22)32-19-7-6-18-24-17(10-29(18)27-19)25-20(30)12-2-3-12/h4-10,12H,2-3H2,1H3,(H,25,30)(H2,23,26,28,31). The monoisotopic (exact) mass is 451 g/mol. The number of rotatable bonds is 6. The quantitative estimate of drug-likeness (QED) is 0.404. The average molecular weight is 451 g/mol. The molecule has 1 aromatic carbocycles. The smallest absolute Gasteiger partial charge is 0.325 e. The third kappa shape index (κ3) is 4.74. The molecule has 3 amide bonds. The van der Waals surface area contributed by atoms with Crippen LogP contribution in [0, 0.1) is 18.7 Å². The Balaban J connectivity index is 1.28. The number of imidazole rings is 1. The van der Waals surface area contributed by atoms with Gasteiger partial charge in [-0.15, -0.1) is 5.10 Å². The van der Waals surface area contributed by atoms with Gasteiger partial charge in [0.2, 0.25) is 11.8 Å². The van der Waals surface area contributed by atoms with Crippen LogP contribution in [0.25, 0.3) is 5.65 Å². The second-order valence-electron chi connectivity index (χ2n) is 7.51. The molecule has 1 fully saturated rings. The number of aromatic nitrogens is 4. The number of carbonyl (C=O) groups is 2. The molecular formula is C21H18FN7O4. The van der Waals surface area contributed by atoms with Crippen molar-refractivity contribution >= 4 is 34.9 Å². The summed E-state index contributed by atoms with van der Waals surface area (Å²) in [5, 5.41) is 15.5. The van der Waals surface area contributed by atoms with Crippen LogP contribution in [-0.2, 0) is 4.79 Å². The van der Waals surface area contributed by atoms with Gasteiger partial charge < -0.3 is 19.9 Å². The summed E-state index contributed by atoms with van der Waals surface area (Å²) in [5.41, 5.74) is 0.425. The Labute approximate surface area is 185 Å². The summed E-state index contributed by atoms with van der Waals surface area (Å²) in [6, 6.07) is 7.97.